The molecule has 0 heterocycles. The van der Waals surface area contributed by atoms with Gasteiger partial charge < -0.3 is 9.47 Å². The first kappa shape index (κ1) is 19.9. The molecule has 1 aliphatic rings. The lowest BCUT2D eigenvalue weighted by Gasteiger charge is -2.28. The monoisotopic (exact) mass is 440 g/mol. The number of alkyl halides is 2. The van der Waals surface area contributed by atoms with Crippen LogP contribution in [0.2, 0.25) is 0 Å². The number of halogens is 2. The average molecular weight is 442 g/mol. The van der Waals surface area contributed by atoms with Crippen LogP contribution in [0, 0.1) is 0 Å². The molecule has 0 saturated heterocycles. The van der Waals surface area contributed by atoms with Gasteiger partial charge in [-0.3, -0.25) is 9.59 Å². The third-order valence-electron chi connectivity index (χ3n) is 3.71. The van der Waals surface area contributed by atoms with Crippen LogP contribution < -0.4 is 0 Å². The van der Waals surface area contributed by atoms with Gasteiger partial charge in [0.15, 0.2) is 0 Å². The van der Waals surface area contributed by atoms with Gasteiger partial charge in [0.05, 0.1) is 0 Å². The van der Waals surface area contributed by atoms with Gasteiger partial charge >= 0.3 is 11.9 Å². The standard InChI is InChI=1S/C16H26Br2O4/c1-11(17)3-9-15(19)21-13-5-7-14(8-6-13)22-16(20)10-4-12(2)18/h11-14H,3-10H2,1-2H3. The summed E-state index contributed by atoms with van der Waals surface area (Å²) >= 11 is 6.84. The van der Waals surface area contributed by atoms with E-state index in [1.807, 2.05) is 13.8 Å². The Labute approximate surface area is 149 Å². The highest BCUT2D eigenvalue weighted by Gasteiger charge is 2.26. The molecule has 0 spiro atoms. The summed E-state index contributed by atoms with van der Waals surface area (Å²) in [6.07, 6.45) is 5.56. The molecule has 0 bridgehead atoms. The third-order valence-corrected chi connectivity index (χ3v) is 4.63. The van der Waals surface area contributed by atoms with Crippen LogP contribution >= 0.6 is 31.9 Å². The zero-order chi connectivity index (χ0) is 16.5. The van der Waals surface area contributed by atoms with Crippen molar-refractivity contribution in [3.63, 3.8) is 0 Å². The summed E-state index contributed by atoms with van der Waals surface area (Å²) in [4.78, 5) is 24.0. The highest BCUT2D eigenvalue weighted by molar-refractivity contribution is 9.09. The number of esters is 2. The molecular formula is C16H26Br2O4. The summed E-state index contributed by atoms with van der Waals surface area (Å²) in [5, 5.41) is 0. The lowest BCUT2D eigenvalue weighted by atomic mass is 9.95. The summed E-state index contributed by atoms with van der Waals surface area (Å²) in [7, 11) is 0. The van der Waals surface area contributed by atoms with Crippen LogP contribution in [0.3, 0.4) is 0 Å². The largest absolute Gasteiger partial charge is 0.462 e. The molecule has 0 aromatic heterocycles. The second kappa shape index (κ2) is 10.6. The summed E-state index contributed by atoms with van der Waals surface area (Å²) in [5.41, 5.74) is 0. The van der Waals surface area contributed by atoms with Crippen molar-refractivity contribution in [2.45, 2.75) is 87.1 Å². The summed E-state index contributed by atoms with van der Waals surface area (Å²) in [5.74, 6) is -0.254. The fourth-order valence-corrected chi connectivity index (χ4v) is 2.85. The zero-order valence-corrected chi connectivity index (χ0v) is 16.5. The Hall–Kier alpha value is -0.100. The number of hydrogen-bond donors (Lipinski definition) is 0. The van der Waals surface area contributed by atoms with Crippen LogP contribution in [0.4, 0.5) is 0 Å². The van der Waals surface area contributed by atoms with E-state index in [2.05, 4.69) is 31.9 Å². The molecule has 1 saturated carbocycles. The normalized spacial score (nSPS) is 24.4. The van der Waals surface area contributed by atoms with Gasteiger partial charge in [0.2, 0.25) is 0 Å². The predicted molar refractivity (Wildman–Crippen MR) is 93.5 cm³/mol. The highest BCUT2D eigenvalue weighted by atomic mass is 79.9. The molecule has 2 unspecified atom stereocenters. The topological polar surface area (TPSA) is 52.6 Å². The van der Waals surface area contributed by atoms with Crippen LogP contribution in [0.25, 0.3) is 0 Å². The van der Waals surface area contributed by atoms with Crippen molar-refractivity contribution in [1.82, 2.24) is 0 Å². The maximum atomic E-state index is 11.7. The fourth-order valence-electron chi connectivity index (χ4n) is 2.39. The van der Waals surface area contributed by atoms with Gasteiger partial charge in [-0.25, -0.2) is 0 Å². The maximum absolute atomic E-state index is 11.7. The van der Waals surface area contributed by atoms with E-state index in [-0.39, 0.29) is 24.1 Å². The van der Waals surface area contributed by atoms with E-state index in [1.165, 1.54) is 0 Å². The quantitative estimate of drug-likeness (QED) is 0.410. The van der Waals surface area contributed by atoms with E-state index in [4.69, 9.17) is 9.47 Å². The van der Waals surface area contributed by atoms with Crippen LogP contribution in [-0.4, -0.2) is 33.8 Å². The Morgan fingerprint density at radius 1 is 0.864 bits per heavy atom. The Morgan fingerprint density at radius 3 is 1.45 bits per heavy atom. The second-order valence-electron chi connectivity index (χ2n) is 6.02. The molecule has 0 radical (unpaired) electrons. The molecule has 0 N–H and O–H groups in total. The Morgan fingerprint density at radius 2 is 1.18 bits per heavy atom. The molecule has 0 amide bonds. The number of ether oxygens (including phenoxy) is 2. The zero-order valence-electron chi connectivity index (χ0n) is 13.4. The molecule has 22 heavy (non-hydrogen) atoms. The van der Waals surface area contributed by atoms with Crippen molar-refractivity contribution in [2.24, 2.45) is 0 Å². The molecule has 0 aliphatic heterocycles. The number of carbonyl (C=O) groups excluding carboxylic acids is 2. The van der Waals surface area contributed by atoms with Crippen LogP contribution in [-0.2, 0) is 19.1 Å². The minimum Gasteiger partial charge on any atom is -0.462 e. The molecule has 1 aliphatic carbocycles. The second-order valence-corrected chi connectivity index (χ2v) is 9.14. The van der Waals surface area contributed by atoms with Gasteiger partial charge in [-0.05, 0) is 38.5 Å². The van der Waals surface area contributed by atoms with E-state index < -0.39 is 0 Å². The van der Waals surface area contributed by atoms with Crippen molar-refractivity contribution in [2.75, 3.05) is 0 Å². The van der Waals surface area contributed by atoms with Crippen molar-refractivity contribution < 1.29 is 19.1 Å². The molecule has 128 valence electrons. The minimum atomic E-state index is -0.127. The minimum absolute atomic E-state index is 0.0179. The molecule has 0 aromatic carbocycles. The molecule has 0 aromatic rings. The van der Waals surface area contributed by atoms with Gasteiger partial charge in [0.25, 0.3) is 0 Å². The van der Waals surface area contributed by atoms with E-state index >= 15 is 0 Å². The van der Waals surface area contributed by atoms with Gasteiger partial charge in [-0.2, -0.15) is 0 Å². The summed E-state index contributed by atoms with van der Waals surface area (Å²) in [6.45, 7) is 4.03. The van der Waals surface area contributed by atoms with Gasteiger partial charge in [-0.15, -0.1) is 0 Å². The van der Waals surface area contributed by atoms with Gasteiger partial charge in [-0.1, -0.05) is 45.7 Å². The van der Waals surface area contributed by atoms with Gasteiger partial charge in [0.1, 0.15) is 12.2 Å². The van der Waals surface area contributed by atoms with Crippen LogP contribution in [0.5, 0.6) is 0 Å². The summed E-state index contributed by atoms with van der Waals surface area (Å²) < 4.78 is 10.9. The lowest BCUT2D eigenvalue weighted by Crippen LogP contribution is -2.29. The average Bonchev–Trinajstić information content (AvgIpc) is 2.45. The Bertz CT molecular complexity index is 316. The Balaban J connectivity index is 2.17. The van der Waals surface area contributed by atoms with Gasteiger partial charge in [0, 0.05) is 22.5 Å². The molecule has 1 rings (SSSR count). The molecular weight excluding hydrogens is 416 g/mol. The van der Waals surface area contributed by atoms with Crippen molar-refractivity contribution in [3.8, 4) is 0 Å². The molecule has 2 atom stereocenters. The smallest absolute Gasteiger partial charge is 0.306 e. The van der Waals surface area contributed by atoms with E-state index in [9.17, 15) is 9.59 Å². The lowest BCUT2D eigenvalue weighted by molar-refractivity contribution is -0.158. The maximum Gasteiger partial charge on any atom is 0.306 e. The van der Waals surface area contributed by atoms with Crippen LogP contribution in [0.1, 0.15) is 65.2 Å². The first-order valence-electron chi connectivity index (χ1n) is 8.04. The Kier molecular flexibility index (Phi) is 9.64. The molecule has 1 fully saturated rings. The number of carbonyl (C=O) groups is 2. The van der Waals surface area contributed by atoms with E-state index in [0.29, 0.717) is 22.5 Å². The first-order chi connectivity index (χ1) is 10.4. The predicted octanol–water partition coefficient (Wildman–Crippen LogP) is 4.51. The summed E-state index contributed by atoms with van der Waals surface area (Å²) in [6, 6.07) is 0. The highest BCUT2D eigenvalue weighted by Crippen LogP contribution is 2.25. The fraction of sp³-hybridized carbons (Fsp3) is 0.875. The van der Waals surface area contributed by atoms with Crippen molar-refractivity contribution in [3.05, 3.63) is 0 Å². The molecule has 4 nitrogen and oxygen atoms in total. The van der Waals surface area contributed by atoms with E-state index in [0.717, 1.165) is 38.5 Å². The third kappa shape index (κ3) is 9.13. The van der Waals surface area contributed by atoms with Crippen LogP contribution in [0.15, 0.2) is 0 Å². The van der Waals surface area contributed by atoms with E-state index in [1.54, 1.807) is 0 Å². The first-order valence-corrected chi connectivity index (χ1v) is 9.87. The molecule has 6 heteroatoms. The SMILES string of the molecule is CC(Br)CCC(=O)OC1CCC(OC(=O)CCC(C)Br)CC1. The van der Waals surface area contributed by atoms with Crippen molar-refractivity contribution >= 4 is 43.8 Å². The van der Waals surface area contributed by atoms with Crippen molar-refractivity contribution in [1.29, 1.82) is 0 Å². The number of hydrogen-bond acceptors (Lipinski definition) is 4. The number of rotatable bonds is 8.